The van der Waals surface area contributed by atoms with Crippen LogP contribution in [0.4, 0.5) is 11.5 Å². The Hall–Kier alpha value is -3.27. The van der Waals surface area contributed by atoms with Crippen molar-refractivity contribution in [3.8, 4) is 5.75 Å². The van der Waals surface area contributed by atoms with E-state index in [4.69, 9.17) is 4.74 Å². The first-order valence-corrected chi connectivity index (χ1v) is 8.98. The van der Waals surface area contributed by atoms with E-state index in [9.17, 15) is 10.1 Å². The molecule has 0 amide bonds. The SMILES string of the molecule is COc1ccc(CN2CCN(c3ncnc4c3cnn4C)CC2)cc1[N+](=O)[O-]. The summed E-state index contributed by atoms with van der Waals surface area (Å²) >= 11 is 0. The molecule has 2 aromatic heterocycles. The summed E-state index contributed by atoms with van der Waals surface area (Å²) in [5.74, 6) is 1.18. The monoisotopic (exact) mass is 383 g/mol. The lowest BCUT2D eigenvalue weighted by Crippen LogP contribution is -2.46. The van der Waals surface area contributed by atoms with Gasteiger partial charge in [-0.1, -0.05) is 6.07 Å². The number of ether oxygens (including phenoxy) is 1. The molecule has 3 aromatic rings. The van der Waals surface area contributed by atoms with Crippen LogP contribution in [0.3, 0.4) is 0 Å². The number of nitrogens with zero attached hydrogens (tertiary/aromatic N) is 7. The van der Waals surface area contributed by atoms with E-state index in [-0.39, 0.29) is 11.4 Å². The highest BCUT2D eigenvalue weighted by Crippen LogP contribution is 2.28. The maximum Gasteiger partial charge on any atom is 0.311 e. The van der Waals surface area contributed by atoms with Gasteiger partial charge in [-0.3, -0.25) is 19.7 Å². The third kappa shape index (κ3) is 3.33. The Kier molecular flexibility index (Phi) is 4.78. The first-order chi connectivity index (χ1) is 13.6. The molecular formula is C18H21N7O3. The lowest BCUT2D eigenvalue weighted by Gasteiger charge is -2.35. The van der Waals surface area contributed by atoms with Crippen molar-refractivity contribution in [1.82, 2.24) is 24.6 Å². The van der Waals surface area contributed by atoms with Crippen molar-refractivity contribution in [3.63, 3.8) is 0 Å². The largest absolute Gasteiger partial charge is 0.490 e. The topological polar surface area (TPSA) is 102 Å². The van der Waals surface area contributed by atoms with Gasteiger partial charge in [-0.2, -0.15) is 5.10 Å². The molecule has 3 heterocycles. The van der Waals surface area contributed by atoms with E-state index in [1.54, 1.807) is 29.3 Å². The number of piperazine rings is 1. The predicted molar refractivity (Wildman–Crippen MR) is 103 cm³/mol. The summed E-state index contributed by atoms with van der Waals surface area (Å²) in [6.07, 6.45) is 3.37. The quantitative estimate of drug-likeness (QED) is 0.484. The van der Waals surface area contributed by atoms with Crippen LogP contribution in [0, 0.1) is 10.1 Å². The van der Waals surface area contributed by atoms with Gasteiger partial charge in [-0.15, -0.1) is 0 Å². The second-order valence-corrected chi connectivity index (χ2v) is 6.73. The smallest absolute Gasteiger partial charge is 0.311 e. The average molecular weight is 383 g/mol. The van der Waals surface area contributed by atoms with Gasteiger partial charge in [0, 0.05) is 45.8 Å². The summed E-state index contributed by atoms with van der Waals surface area (Å²) in [5, 5.41) is 16.4. The molecule has 0 unspecified atom stereocenters. The maximum absolute atomic E-state index is 11.2. The number of nitro groups is 1. The van der Waals surface area contributed by atoms with Crippen LogP contribution >= 0.6 is 0 Å². The third-order valence-corrected chi connectivity index (χ3v) is 5.03. The molecule has 0 aliphatic carbocycles. The predicted octanol–water partition coefficient (Wildman–Crippen LogP) is 1.60. The fourth-order valence-electron chi connectivity index (χ4n) is 3.55. The van der Waals surface area contributed by atoms with Crippen molar-refractivity contribution in [1.29, 1.82) is 0 Å². The molecule has 0 atom stereocenters. The number of aryl methyl sites for hydroxylation is 1. The van der Waals surface area contributed by atoms with Crippen LogP contribution in [0.25, 0.3) is 11.0 Å². The van der Waals surface area contributed by atoms with Gasteiger partial charge in [0.2, 0.25) is 0 Å². The summed E-state index contributed by atoms with van der Waals surface area (Å²) in [5.41, 5.74) is 1.72. The van der Waals surface area contributed by atoms with Gasteiger partial charge in [0.05, 0.1) is 23.6 Å². The standard InChI is InChI=1S/C18H21N7O3/c1-22-17-14(10-21-22)18(20-12-19-17)24-7-5-23(6-8-24)11-13-3-4-16(28-2)15(9-13)25(26)27/h3-4,9-10,12H,5-8,11H2,1-2H3. The molecular weight excluding hydrogens is 362 g/mol. The summed E-state index contributed by atoms with van der Waals surface area (Å²) < 4.78 is 6.81. The molecule has 28 heavy (non-hydrogen) atoms. The van der Waals surface area contributed by atoms with E-state index in [1.807, 2.05) is 13.1 Å². The second kappa shape index (κ2) is 7.39. The molecule has 1 aliphatic rings. The van der Waals surface area contributed by atoms with E-state index in [0.717, 1.165) is 48.6 Å². The van der Waals surface area contributed by atoms with Crippen LogP contribution in [0.15, 0.2) is 30.7 Å². The van der Waals surface area contributed by atoms with Crippen molar-refractivity contribution in [2.75, 3.05) is 38.2 Å². The molecule has 0 saturated carbocycles. The zero-order chi connectivity index (χ0) is 19.7. The lowest BCUT2D eigenvalue weighted by molar-refractivity contribution is -0.385. The van der Waals surface area contributed by atoms with Crippen LogP contribution in [0.5, 0.6) is 5.75 Å². The summed E-state index contributed by atoms with van der Waals surface area (Å²) in [6, 6.07) is 5.13. The van der Waals surface area contributed by atoms with Crippen molar-refractivity contribution in [3.05, 3.63) is 46.4 Å². The fraction of sp³-hybridized carbons (Fsp3) is 0.389. The minimum atomic E-state index is -0.408. The molecule has 4 rings (SSSR count). The number of rotatable bonds is 5. The van der Waals surface area contributed by atoms with Crippen LogP contribution in [0.1, 0.15) is 5.56 Å². The van der Waals surface area contributed by atoms with Gasteiger partial charge in [-0.05, 0) is 11.6 Å². The molecule has 1 saturated heterocycles. The van der Waals surface area contributed by atoms with Gasteiger partial charge in [-0.25, -0.2) is 9.97 Å². The zero-order valence-electron chi connectivity index (χ0n) is 15.8. The van der Waals surface area contributed by atoms with Crippen molar-refractivity contribution >= 4 is 22.5 Å². The van der Waals surface area contributed by atoms with E-state index in [2.05, 4.69) is 24.9 Å². The zero-order valence-corrected chi connectivity index (χ0v) is 15.8. The number of anilines is 1. The number of hydrogen-bond acceptors (Lipinski definition) is 8. The Morgan fingerprint density at radius 1 is 1.21 bits per heavy atom. The molecule has 1 aromatic carbocycles. The molecule has 0 spiro atoms. The highest BCUT2D eigenvalue weighted by atomic mass is 16.6. The van der Waals surface area contributed by atoms with Gasteiger partial charge < -0.3 is 9.64 Å². The molecule has 0 bridgehead atoms. The number of aromatic nitrogens is 4. The minimum Gasteiger partial charge on any atom is -0.490 e. The molecule has 0 N–H and O–H groups in total. The van der Waals surface area contributed by atoms with E-state index < -0.39 is 4.92 Å². The van der Waals surface area contributed by atoms with Crippen molar-refractivity contribution < 1.29 is 9.66 Å². The number of methoxy groups -OCH3 is 1. The first-order valence-electron chi connectivity index (χ1n) is 8.98. The van der Waals surface area contributed by atoms with Gasteiger partial charge in [0.15, 0.2) is 11.4 Å². The van der Waals surface area contributed by atoms with Crippen LogP contribution in [0.2, 0.25) is 0 Å². The van der Waals surface area contributed by atoms with Crippen LogP contribution in [-0.2, 0) is 13.6 Å². The number of nitro benzene ring substituents is 1. The van der Waals surface area contributed by atoms with Crippen LogP contribution < -0.4 is 9.64 Å². The molecule has 0 radical (unpaired) electrons. The molecule has 146 valence electrons. The number of fused-ring (bicyclic) bond motifs is 1. The maximum atomic E-state index is 11.2. The Balaban J connectivity index is 1.44. The minimum absolute atomic E-state index is 0.00130. The van der Waals surface area contributed by atoms with Crippen molar-refractivity contribution in [2.24, 2.45) is 7.05 Å². The van der Waals surface area contributed by atoms with E-state index >= 15 is 0 Å². The molecule has 10 nitrogen and oxygen atoms in total. The Bertz CT molecular complexity index is 1010. The summed E-state index contributed by atoms with van der Waals surface area (Å²) in [7, 11) is 3.30. The van der Waals surface area contributed by atoms with Crippen molar-refractivity contribution in [2.45, 2.75) is 6.54 Å². The molecule has 1 aliphatic heterocycles. The summed E-state index contributed by atoms with van der Waals surface area (Å²) in [6.45, 7) is 3.97. The lowest BCUT2D eigenvalue weighted by atomic mass is 10.1. The van der Waals surface area contributed by atoms with Crippen LogP contribution in [-0.4, -0.2) is 62.9 Å². The molecule has 1 fully saturated rings. The van der Waals surface area contributed by atoms with Gasteiger partial charge in [0.25, 0.3) is 0 Å². The number of hydrogen-bond donors (Lipinski definition) is 0. The first kappa shape index (κ1) is 18.1. The molecule has 10 heteroatoms. The Morgan fingerprint density at radius 3 is 2.71 bits per heavy atom. The number of benzene rings is 1. The van der Waals surface area contributed by atoms with E-state index in [1.165, 1.54) is 7.11 Å². The Morgan fingerprint density at radius 2 is 2.00 bits per heavy atom. The fourth-order valence-corrected chi connectivity index (χ4v) is 3.55. The highest BCUT2D eigenvalue weighted by Gasteiger charge is 2.22. The van der Waals surface area contributed by atoms with Gasteiger partial charge in [0.1, 0.15) is 12.1 Å². The average Bonchev–Trinajstić information content (AvgIpc) is 3.10. The summed E-state index contributed by atoms with van der Waals surface area (Å²) in [4.78, 5) is 24.1. The Labute approximate surface area is 161 Å². The third-order valence-electron chi connectivity index (χ3n) is 5.03. The second-order valence-electron chi connectivity index (χ2n) is 6.73. The van der Waals surface area contributed by atoms with Gasteiger partial charge >= 0.3 is 5.69 Å². The highest BCUT2D eigenvalue weighted by molar-refractivity contribution is 5.86. The van der Waals surface area contributed by atoms with E-state index in [0.29, 0.717) is 6.54 Å². The normalized spacial score (nSPS) is 15.1.